The lowest BCUT2D eigenvalue weighted by Gasteiger charge is -2.39. The molecule has 0 radical (unpaired) electrons. The maximum Gasteiger partial charge on any atom is 0.410 e. The van der Waals surface area contributed by atoms with Gasteiger partial charge < -0.3 is 15.0 Å². The fourth-order valence-electron chi connectivity index (χ4n) is 3.37. The summed E-state index contributed by atoms with van der Waals surface area (Å²) in [6.45, 7) is 7.79. The lowest BCUT2D eigenvalue weighted by atomic mass is 9.74. The molecule has 0 aliphatic carbocycles. The van der Waals surface area contributed by atoms with E-state index in [2.05, 4.69) is 5.32 Å². The van der Waals surface area contributed by atoms with Gasteiger partial charge in [0.05, 0.1) is 0 Å². The van der Waals surface area contributed by atoms with Gasteiger partial charge in [-0.3, -0.25) is 0 Å². The molecule has 2 aliphatic heterocycles. The summed E-state index contributed by atoms with van der Waals surface area (Å²) in [5, 5.41) is 3.31. The van der Waals surface area contributed by atoms with E-state index >= 15 is 0 Å². The molecule has 4 nitrogen and oxygen atoms in total. The molecule has 2 aliphatic rings. The monoisotopic (exact) mass is 306 g/mol. The van der Waals surface area contributed by atoms with E-state index in [4.69, 9.17) is 4.74 Å². The molecule has 1 N–H and O–H groups in total. The van der Waals surface area contributed by atoms with E-state index in [1.54, 1.807) is 11.0 Å². The number of piperidine rings is 1. The van der Waals surface area contributed by atoms with E-state index in [1.807, 2.05) is 26.8 Å². The van der Waals surface area contributed by atoms with Crippen molar-refractivity contribution in [3.8, 4) is 0 Å². The Morgan fingerprint density at radius 2 is 2.00 bits per heavy atom. The van der Waals surface area contributed by atoms with Crippen LogP contribution in [0.25, 0.3) is 0 Å². The van der Waals surface area contributed by atoms with Crippen LogP contribution in [0.3, 0.4) is 0 Å². The average Bonchev–Trinajstić information content (AvgIpc) is 2.76. The van der Waals surface area contributed by atoms with E-state index in [9.17, 15) is 9.18 Å². The first-order chi connectivity index (χ1) is 10.3. The maximum absolute atomic E-state index is 13.3. The Labute approximate surface area is 130 Å². The highest BCUT2D eigenvalue weighted by molar-refractivity contribution is 5.69. The molecule has 1 aromatic carbocycles. The number of ether oxygens (including phenoxy) is 1. The Morgan fingerprint density at radius 3 is 2.64 bits per heavy atom. The summed E-state index contributed by atoms with van der Waals surface area (Å²) in [7, 11) is 0. The lowest BCUT2D eigenvalue weighted by Crippen LogP contribution is -2.47. The summed E-state index contributed by atoms with van der Waals surface area (Å²) < 4.78 is 18.8. The first kappa shape index (κ1) is 15.1. The molecular formula is C17H23FN2O2. The second kappa shape index (κ2) is 5.14. The highest BCUT2D eigenvalue weighted by atomic mass is 19.1. The van der Waals surface area contributed by atoms with Crippen LogP contribution in [0, 0.1) is 5.82 Å². The lowest BCUT2D eigenvalue weighted by molar-refractivity contribution is 0.0172. The van der Waals surface area contributed by atoms with Gasteiger partial charge in [0.1, 0.15) is 11.4 Å². The van der Waals surface area contributed by atoms with Gasteiger partial charge in [-0.25, -0.2) is 9.18 Å². The molecule has 5 heteroatoms. The Balaban J connectivity index is 1.69. The molecule has 0 saturated carbocycles. The number of hydrogen-bond donors (Lipinski definition) is 1. The van der Waals surface area contributed by atoms with Gasteiger partial charge in [-0.1, -0.05) is 6.07 Å². The van der Waals surface area contributed by atoms with Crippen LogP contribution < -0.4 is 5.32 Å². The third kappa shape index (κ3) is 2.76. The van der Waals surface area contributed by atoms with Crippen LogP contribution in [0.5, 0.6) is 0 Å². The molecule has 0 atom stereocenters. The van der Waals surface area contributed by atoms with Crippen molar-refractivity contribution in [2.24, 2.45) is 0 Å². The zero-order valence-electron chi connectivity index (χ0n) is 13.4. The zero-order valence-corrected chi connectivity index (χ0v) is 13.4. The minimum absolute atomic E-state index is 0.0154. The molecular weight excluding hydrogens is 283 g/mol. The third-order valence-corrected chi connectivity index (χ3v) is 4.54. The first-order valence-electron chi connectivity index (χ1n) is 7.81. The molecule has 1 fully saturated rings. The molecule has 2 heterocycles. The summed E-state index contributed by atoms with van der Waals surface area (Å²) in [5.41, 5.74) is 1.62. The molecule has 22 heavy (non-hydrogen) atoms. The number of carbonyl (C=O) groups is 1. The number of fused-ring (bicyclic) bond motifs is 2. The summed E-state index contributed by atoms with van der Waals surface area (Å²) in [4.78, 5) is 13.9. The quantitative estimate of drug-likeness (QED) is 0.797. The number of carbonyl (C=O) groups excluding carboxylic acids is 1. The Morgan fingerprint density at radius 1 is 1.32 bits per heavy atom. The largest absolute Gasteiger partial charge is 0.444 e. The molecule has 1 saturated heterocycles. The smallest absolute Gasteiger partial charge is 0.410 e. The van der Waals surface area contributed by atoms with Crippen molar-refractivity contribution in [3.05, 3.63) is 29.6 Å². The maximum atomic E-state index is 13.3. The molecule has 0 bridgehead atoms. The van der Waals surface area contributed by atoms with Gasteiger partial charge in [0.25, 0.3) is 0 Å². The van der Waals surface area contributed by atoms with Crippen molar-refractivity contribution in [3.63, 3.8) is 0 Å². The van der Waals surface area contributed by atoms with E-state index < -0.39 is 5.60 Å². The molecule has 0 aromatic heterocycles. The highest BCUT2D eigenvalue weighted by Gasteiger charge is 2.42. The summed E-state index contributed by atoms with van der Waals surface area (Å²) >= 11 is 0. The van der Waals surface area contributed by atoms with Gasteiger partial charge in [-0.05, 0) is 51.3 Å². The minimum atomic E-state index is -0.467. The van der Waals surface area contributed by atoms with E-state index in [1.165, 1.54) is 11.6 Å². The van der Waals surface area contributed by atoms with E-state index in [0.29, 0.717) is 13.1 Å². The summed E-state index contributed by atoms with van der Waals surface area (Å²) in [6.07, 6.45) is 1.50. The normalized spacial score (nSPS) is 19.7. The van der Waals surface area contributed by atoms with Crippen molar-refractivity contribution >= 4 is 11.8 Å². The molecule has 1 spiro atoms. The molecule has 1 aromatic rings. The fraction of sp³-hybridized carbons (Fsp3) is 0.588. The number of nitrogens with zero attached hydrogens (tertiary/aromatic N) is 1. The fourth-order valence-corrected chi connectivity index (χ4v) is 3.37. The molecule has 3 rings (SSSR count). The molecule has 120 valence electrons. The van der Waals surface area contributed by atoms with Gasteiger partial charge in [-0.2, -0.15) is 0 Å². The van der Waals surface area contributed by atoms with Crippen LogP contribution in [0.1, 0.15) is 39.2 Å². The van der Waals surface area contributed by atoms with Crippen molar-refractivity contribution in [1.82, 2.24) is 4.90 Å². The van der Waals surface area contributed by atoms with Gasteiger partial charge in [0.2, 0.25) is 0 Å². The minimum Gasteiger partial charge on any atom is -0.444 e. The van der Waals surface area contributed by atoms with Gasteiger partial charge in [0, 0.05) is 30.7 Å². The van der Waals surface area contributed by atoms with E-state index in [-0.39, 0.29) is 17.3 Å². The van der Waals surface area contributed by atoms with Crippen molar-refractivity contribution in [2.45, 2.75) is 44.6 Å². The SMILES string of the molecule is CC(C)(C)OC(=O)N1CCC2(CC1)CNc1cc(F)ccc12. The van der Waals surface area contributed by atoms with Gasteiger partial charge in [0.15, 0.2) is 0 Å². The van der Waals surface area contributed by atoms with E-state index in [0.717, 1.165) is 25.1 Å². The Bertz CT molecular complexity index is 587. The zero-order chi connectivity index (χ0) is 16.0. The van der Waals surface area contributed by atoms with Crippen LogP contribution in [0.15, 0.2) is 18.2 Å². The summed E-state index contributed by atoms with van der Waals surface area (Å²) in [5.74, 6) is -0.213. The Hall–Kier alpha value is -1.78. The molecule has 1 amide bonds. The first-order valence-corrected chi connectivity index (χ1v) is 7.81. The van der Waals surface area contributed by atoms with Crippen LogP contribution >= 0.6 is 0 Å². The predicted molar refractivity (Wildman–Crippen MR) is 83.6 cm³/mol. The second-order valence-electron chi connectivity index (χ2n) is 7.29. The standard InChI is InChI=1S/C17H23FN2O2/c1-16(2,3)22-15(21)20-8-6-17(7-9-20)11-19-14-10-12(18)4-5-13(14)17/h4-5,10,19H,6-9,11H2,1-3H3. The van der Waals surface area contributed by atoms with Crippen LogP contribution in [-0.4, -0.2) is 36.2 Å². The van der Waals surface area contributed by atoms with Crippen molar-refractivity contribution in [1.29, 1.82) is 0 Å². The number of nitrogens with one attached hydrogen (secondary N) is 1. The Kier molecular flexibility index (Phi) is 3.54. The number of amides is 1. The van der Waals surface area contributed by atoms with Crippen molar-refractivity contribution < 1.29 is 13.9 Å². The number of hydrogen-bond acceptors (Lipinski definition) is 3. The number of benzene rings is 1. The predicted octanol–water partition coefficient (Wildman–Crippen LogP) is 3.52. The van der Waals surface area contributed by atoms with Gasteiger partial charge in [-0.15, -0.1) is 0 Å². The van der Waals surface area contributed by atoms with Crippen LogP contribution in [-0.2, 0) is 10.2 Å². The van der Waals surface area contributed by atoms with Crippen molar-refractivity contribution in [2.75, 3.05) is 25.0 Å². The average molecular weight is 306 g/mol. The second-order valence-corrected chi connectivity index (χ2v) is 7.29. The number of anilines is 1. The van der Waals surface area contributed by atoms with Gasteiger partial charge >= 0.3 is 6.09 Å². The number of rotatable bonds is 0. The van der Waals surface area contributed by atoms with Crippen LogP contribution in [0.2, 0.25) is 0 Å². The van der Waals surface area contributed by atoms with Crippen LogP contribution in [0.4, 0.5) is 14.9 Å². The third-order valence-electron chi connectivity index (χ3n) is 4.54. The molecule has 0 unspecified atom stereocenters. The number of likely N-dealkylation sites (tertiary alicyclic amines) is 1. The number of halogens is 1. The summed E-state index contributed by atoms with van der Waals surface area (Å²) in [6, 6.07) is 4.96. The topological polar surface area (TPSA) is 41.6 Å². The highest BCUT2D eigenvalue weighted by Crippen LogP contribution is 2.44.